The molecular weight excluding hydrogens is 352 g/mol. The van der Waals surface area contributed by atoms with Crippen molar-refractivity contribution in [2.45, 2.75) is 51.5 Å². The highest BCUT2D eigenvalue weighted by Crippen LogP contribution is 2.28. The molecule has 0 radical (unpaired) electrons. The molecule has 3 aromatic rings. The second-order valence-corrected chi connectivity index (χ2v) is 7.67. The van der Waals surface area contributed by atoms with E-state index in [-0.39, 0.29) is 17.4 Å². The molecule has 28 heavy (non-hydrogen) atoms. The van der Waals surface area contributed by atoms with Crippen molar-refractivity contribution >= 4 is 5.91 Å². The van der Waals surface area contributed by atoms with Gasteiger partial charge in [-0.1, -0.05) is 49.3 Å². The van der Waals surface area contributed by atoms with Crippen LogP contribution in [0.4, 0.5) is 0 Å². The lowest BCUT2D eigenvalue weighted by atomic mass is 9.79. The summed E-state index contributed by atoms with van der Waals surface area (Å²) in [6, 6.07) is 14.1. The van der Waals surface area contributed by atoms with Crippen LogP contribution in [-0.2, 0) is 16.6 Å². The van der Waals surface area contributed by atoms with E-state index < -0.39 is 0 Å². The van der Waals surface area contributed by atoms with E-state index in [1.807, 2.05) is 37.3 Å². The number of carbonyl (C=O) groups is 1. The first-order valence-electron chi connectivity index (χ1n) is 9.52. The first-order chi connectivity index (χ1) is 13.4. The second kappa shape index (κ2) is 8.78. The fourth-order valence-corrected chi connectivity index (χ4v) is 3.37. The average Bonchev–Trinajstić information content (AvgIpc) is 3.16. The summed E-state index contributed by atoms with van der Waals surface area (Å²) in [5.41, 5.74) is 2.09. The van der Waals surface area contributed by atoms with E-state index in [9.17, 15) is 4.79 Å². The Kier molecular flexibility index (Phi) is 6.19. The van der Waals surface area contributed by atoms with E-state index in [2.05, 4.69) is 46.4 Å². The minimum atomic E-state index is -0.0140. The number of rotatable bonds is 8. The van der Waals surface area contributed by atoms with Crippen molar-refractivity contribution in [3.8, 4) is 11.4 Å². The molecule has 1 amide bonds. The predicted octanol–water partition coefficient (Wildman–Crippen LogP) is 3.94. The number of nitrogens with zero attached hydrogens (tertiary/aromatic N) is 3. The normalized spacial score (nSPS) is 12.5. The molecule has 146 valence electrons. The fraction of sp³-hybridized carbons (Fsp3) is 0.364. The Bertz CT molecular complexity index is 891. The molecule has 0 unspecified atom stereocenters. The number of pyridine rings is 1. The lowest BCUT2D eigenvalue weighted by molar-refractivity contribution is -0.121. The summed E-state index contributed by atoms with van der Waals surface area (Å²) in [4.78, 5) is 20.6. The Morgan fingerprint density at radius 2 is 1.86 bits per heavy atom. The van der Waals surface area contributed by atoms with Gasteiger partial charge in [-0.25, -0.2) is 0 Å². The van der Waals surface area contributed by atoms with Gasteiger partial charge in [-0.2, -0.15) is 4.98 Å². The highest BCUT2D eigenvalue weighted by molar-refractivity contribution is 5.76. The molecule has 2 aromatic heterocycles. The van der Waals surface area contributed by atoms with Gasteiger partial charge >= 0.3 is 0 Å². The Labute approximate surface area is 165 Å². The van der Waals surface area contributed by atoms with Crippen molar-refractivity contribution in [2.75, 3.05) is 0 Å². The van der Waals surface area contributed by atoms with Crippen LogP contribution in [0.1, 0.15) is 45.1 Å². The van der Waals surface area contributed by atoms with Crippen LogP contribution >= 0.6 is 0 Å². The number of nitrogens with one attached hydrogen (secondary N) is 1. The molecule has 3 rings (SSSR count). The minimum Gasteiger partial charge on any atom is -0.354 e. The minimum absolute atomic E-state index is 0.0139. The molecule has 0 aliphatic carbocycles. The molecule has 1 aromatic carbocycles. The van der Waals surface area contributed by atoms with Gasteiger partial charge in [0.2, 0.25) is 17.6 Å². The maximum Gasteiger partial charge on any atom is 0.227 e. The number of hydrogen-bond donors (Lipinski definition) is 1. The van der Waals surface area contributed by atoms with Crippen molar-refractivity contribution in [1.82, 2.24) is 20.4 Å². The molecule has 0 aliphatic rings. The molecule has 0 bridgehead atoms. The maximum absolute atomic E-state index is 12.3. The van der Waals surface area contributed by atoms with Crippen LogP contribution in [0.25, 0.3) is 11.4 Å². The Morgan fingerprint density at radius 1 is 1.14 bits per heavy atom. The summed E-state index contributed by atoms with van der Waals surface area (Å²) >= 11 is 0. The summed E-state index contributed by atoms with van der Waals surface area (Å²) in [6.07, 6.45) is 4.94. The SMILES string of the molecule is C[C@H](CC(C)(C)c1ccccc1)NC(=O)CCc1nc(-c2ccncc2)no1. The summed E-state index contributed by atoms with van der Waals surface area (Å²) in [5, 5.41) is 7.04. The van der Waals surface area contributed by atoms with Crippen LogP contribution < -0.4 is 5.32 Å². The molecule has 0 spiro atoms. The van der Waals surface area contributed by atoms with Crippen molar-refractivity contribution in [2.24, 2.45) is 0 Å². The van der Waals surface area contributed by atoms with Gasteiger partial charge in [0, 0.05) is 36.8 Å². The molecule has 0 saturated carbocycles. The third kappa shape index (κ3) is 5.25. The second-order valence-electron chi connectivity index (χ2n) is 7.67. The summed E-state index contributed by atoms with van der Waals surface area (Å²) in [5.74, 6) is 0.954. The lowest BCUT2D eigenvalue weighted by Gasteiger charge is -2.29. The Morgan fingerprint density at radius 3 is 2.57 bits per heavy atom. The van der Waals surface area contributed by atoms with Crippen LogP contribution in [0.2, 0.25) is 0 Å². The van der Waals surface area contributed by atoms with E-state index in [0.29, 0.717) is 24.6 Å². The smallest absolute Gasteiger partial charge is 0.227 e. The largest absolute Gasteiger partial charge is 0.354 e. The predicted molar refractivity (Wildman–Crippen MR) is 108 cm³/mol. The average molecular weight is 378 g/mol. The van der Waals surface area contributed by atoms with Crippen LogP contribution in [0.15, 0.2) is 59.4 Å². The monoisotopic (exact) mass is 378 g/mol. The van der Waals surface area contributed by atoms with E-state index >= 15 is 0 Å². The first-order valence-corrected chi connectivity index (χ1v) is 9.52. The lowest BCUT2D eigenvalue weighted by Crippen LogP contribution is -2.37. The number of amides is 1. The summed E-state index contributed by atoms with van der Waals surface area (Å²) in [7, 11) is 0. The van der Waals surface area contributed by atoms with Gasteiger partial charge in [0.1, 0.15) is 0 Å². The topological polar surface area (TPSA) is 80.9 Å². The van der Waals surface area contributed by atoms with Gasteiger partial charge in [0.05, 0.1) is 0 Å². The standard InChI is InChI=1S/C22H26N4O2/c1-16(15-22(2,3)18-7-5-4-6-8-18)24-19(27)9-10-20-25-21(26-28-20)17-11-13-23-14-12-17/h4-8,11-14,16H,9-10,15H2,1-3H3,(H,24,27)/t16-/m1/s1. The zero-order chi connectivity index (χ0) is 20.0. The molecule has 1 atom stereocenters. The summed E-state index contributed by atoms with van der Waals surface area (Å²) in [6.45, 7) is 6.44. The number of hydrogen-bond acceptors (Lipinski definition) is 5. The van der Waals surface area contributed by atoms with Crippen LogP contribution in [0.3, 0.4) is 0 Å². The number of carbonyl (C=O) groups excluding carboxylic acids is 1. The van der Waals surface area contributed by atoms with Crippen molar-refractivity contribution in [3.05, 3.63) is 66.3 Å². The van der Waals surface area contributed by atoms with Crippen molar-refractivity contribution < 1.29 is 9.32 Å². The van der Waals surface area contributed by atoms with Gasteiger partial charge in [-0.15, -0.1) is 0 Å². The molecule has 0 saturated heterocycles. The highest BCUT2D eigenvalue weighted by Gasteiger charge is 2.24. The number of aromatic nitrogens is 3. The molecular formula is C22H26N4O2. The fourth-order valence-electron chi connectivity index (χ4n) is 3.37. The van der Waals surface area contributed by atoms with E-state index in [1.165, 1.54) is 5.56 Å². The van der Waals surface area contributed by atoms with Gasteiger partial charge in [-0.3, -0.25) is 9.78 Å². The quantitative estimate of drug-likeness (QED) is 0.642. The van der Waals surface area contributed by atoms with Crippen molar-refractivity contribution in [1.29, 1.82) is 0 Å². The molecule has 6 heteroatoms. The molecule has 0 fully saturated rings. The van der Waals surface area contributed by atoms with Gasteiger partial charge < -0.3 is 9.84 Å². The van der Waals surface area contributed by atoms with Gasteiger partial charge in [0.25, 0.3) is 0 Å². The van der Waals surface area contributed by atoms with Crippen LogP contribution in [-0.4, -0.2) is 27.1 Å². The molecule has 6 nitrogen and oxygen atoms in total. The molecule has 0 aliphatic heterocycles. The third-order valence-electron chi connectivity index (χ3n) is 4.75. The van der Waals surface area contributed by atoms with E-state index in [1.54, 1.807) is 12.4 Å². The maximum atomic E-state index is 12.3. The Hall–Kier alpha value is -3.02. The van der Waals surface area contributed by atoms with Gasteiger partial charge in [-0.05, 0) is 36.5 Å². The first kappa shape index (κ1) is 19.7. The van der Waals surface area contributed by atoms with Crippen LogP contribution in [0.5, 0.6) is 0 Å². The van der Waals surface area contributed by atoms with Gasteiger partial charge in [0.15, 0.2) is 0 Å². The van der Waals surface area contributed by atoms with Crippen LogP contribution in [0, 0.1) is 0 Å². The van der Waals surface area contributed by atoms with E-state index in [0.717, 1.165) is 12.0 Å². The Balaban J connectivity index is 1.48. The molecule has 2 heterocycles. The third-order valence-corrected chi connectivity index (χ3v) is 4.75. The summed E-state index contributed by atoms with van der Waals surface area (Å²) < 4.78 is 5.25. The number of benzene rings is 1. The van der Waals surface area contributed by atoms with E-state index in [4.69, 9.17) is 4.52 Å². The zero-order valence-corrected chi connectivity index (χ0v) is 16.6. The highest BCUT2D eigenvalue weighted by atomic mass is 16.5. The molecule has 1 N–H and O–H groups in total. The zero-order valence-electron chi connectivity index (χ0n) is 16.6. The van der Waals surface area contributed by atoms with Crippen molar-refractivity contribution in [3.63, 3.8) is 0 Å². The number of aryl methyl sites for hydroxylation is 1.